The smallest absolute Gasteiger partial charge is 0.330 e. The predicted molar refractivity (Wildman–Crippen MR) is 66.9 cm³/mol. The molecule has 0 spiro atoms. The molecule has 0 aliphatic heterocycles. The molecule has 0 saturated heterocycles. The number of aromatic amines is 1. The number of H-pyrrole nitrogens is 1. The van der Waals surface area contributed by atoms with Crippen LogP contribution in [0, 0.1) is 0 Å². The number of carbonyl (C=O) groups excluding carboxylic acids is 2. The molecule has 0 amide bonds. The van der Waals surface area contributed by atoms with Gasteiger partial charge in [-0.2, -0.15) is 0 Å². The fourth-order valence-corrected chi connectivity index (χ4v) is 1.63. The van der Waals surface area contributed by atoms with E-state index in [1.807, 2.05) is 4.98 Å². The van der Waals surface area contributed by atoms with Gasteiger partial charge in [0.1, 0.15) is 5.60 Å². The average Bonchev–Trinajstić information content (AvgIpc) is 2.42. The van der Waals surface area contributed by atoms with Crippen molar-refractivity contribution in [3.8, 4) is 0 Å². The van der Waals surface area contributed by atoms with Crippen LogP contribution < -0.4 is 11.2 Å². The summed E-state index contributed by atoms with van der Waals surface area (Å²) in [7, 11) is 0. The van der Waals surface area contributed by atoms with Gasteiger partial charge in [0, 0.05) is 12.3 Å². The number of nitrogens with one attached hydrogen (secondary N) is 1. The monoisotopic (exact) mass is 268 g/mol. The fourth-order valence-electron chi connectivity index (χ4n) is 1.63. The summed E-state index contributed by atoms with van der Waals surface area (Å²) in [6, 6.07) is 1.10. The van der Waals surface area contributed by atoms with Crippen molar-refractivity contribution in [1.29, 1.82) is 0 Å². The zero-order valence-corrected chi connectivity index (χ0v) is 10.8. The first kappa shape index (κ1) is 15.0. The molecule has 1 N–H and O–H groups in total. The van der Waals surface area contributed by atoms with Crippen molar-refractivity contribution in [3.05, 3.63) is 33.1 Å². The maximum atomic E-state index is 11.6. The topological polar surface area (TPSA) is 98.2 Å². The molecule has 104 valence electrons. The molecule has 7 heteroatoms. The number of nitrogens with zero attached hydrogens (tertiary/aromatic N) is 1. The Labute approximate surface area is 109 Å². The van der Waals surface area contributed by atoms with Crippen molar-refractivity contribution in [2.45, 2.75) is 38.5 Å². The molecule has 0 aliphatic carbocycles. The average molecular weight is 268 g/mol. The molecular formula is C12H16N2O5. The van der Waals surface area contributed by atoms with E-state index >= 15 is 0 Å². The first-order chi connectivity index (χ1) is 9.01. The minimum Gasteiger partial charge on any atom is -0.337 e. The second kappa shape index (κ2) is 6.24. The van der Waals surface area contributed by atoms with Crippen LogP contribution >= 0.6 is 0 Å². The van der Waals surface area contributed by atoms with Gasteiger partial charge >= 0.3 is 5.69 Å². The van der Waals surface area contributed by atoms with Gasteiger partial charge in [-0.3, -0.25) is 19.1 Å². The van der Waals surface area contributed by atoms with Crippen LogP contribution in [0.4, 0.5) is 0 Å². The second-order valence-corrected chi connectivity index (χ2v) is 4.05. The molecule has 0 radical (unpaired) electrons. The molecule has 1 aromatic heterocycles. The Hall–Kier alpha value is -2.02. The van der Waals surface area contributed by atoms with Gasteiger partial charge in [0.05, 0.1) is 0 Å². The molecule has 0 aromatic carbocycles. The molecule has 0 fully saturated rings. The summed E-state index contributed by atoms with van der Waals surface area (Å²) in [6.07, 6.45) is 1.67. The van der Waals surface area contributed by atoms with Crippen LogP contribution in [0.25, 0.3) is 0 Å². The zero-order chi connectivity index (χ0) is 14.5. The Balaban J connectivity index is 3.14. The van der Waals surface area contributed by atoms with Crippen molar-refractivity contribution in [2.75, 3.05) is 0 Å². The molecule has 1 rings (SSSR count). The largest absolute Gasteiger partial charge is 0.337 e. The number of rotatable bonds is 7. The molecule has 0 unspecified atom stereocenters. The molecule has 19 heavy (non-hydrogen) atoms. The number of hydrogen-bond donors (Lipinski definition) is 1. The predicted octanol–water partition coefficient (Wildman–Crippen LogP) is 0.00840. The first-order valence-corrected chi connectivity index (χ1v) is 5.92. The number of carbonyl (C=O) groups is 2. The fraction of sp³-hybridized carbons (Fsp3) is 0.500. The van der Waals surface area contributed by atoms with Crippen molar-refractivity contribution in [3.63, 3.8) is 0 Å². The van der Waals surface area contributed by atoms with Crippen molar-refractivity contribution in [1.82, 2.24) is 9.55 Å². The van der Waals surface area contributed by atoms with Crippen LogP contribution in [0.3, 0.4) is 0 Å². The van der Waals surface area contributed by atoms with E-state index in [0.29, 0.717) is 25.4 Å². The summed E-state index contributed by atoms with van der Waals surface area (Å²) >= 11 is 0. The lowest BCUT2D eigenvalue weighted by Crippen LogP contribution is -2.40. The summed E-state index contributed by atoms with van der Waals surface area (Å²) in [5, 5.41) is 0. The Kier molecular flexibility index (Phi) is 4.94. The molecule has 1 heterocycles. The van der Waals surface area contributed by atoms with E-state index < -0.39 is 23.1 Å². The Morgan fingerprint density at radius 1 is 1.37 bits per heavy atom. The van der Waals surface area contributed by atoms with Crippen LogP contribution in [0.5, 0.6) is 0 Å². The third kappa shape index (κ3) is 3.25. The summed E-state index contributed by atoms with van der Waals surface area (Å²) < 4.78 is 6.37. The van der Waals surface area contributed by atoms with Crippen LogP contribution in [0.1, 0.15) is 32.9 Å². The van der Waals surface area contributed by atoms with Crippen molar-refractivity contribution in [2.24, 2.45) is 0 Å². The third-order valence-electron chi connectivity index (χ3n) is 3.01. The van der Waals surface area contributed by atoms with Crippen LogP contribution in [0.15, 0.2) is 21.9 Å². The molecule has 0 saturated carbocycles. The van der Waals surface area contributed by atoms with Gasteiger partial charge in [-0.05, 0) is 12.8 Å². The number of aromatic nitrogens is 2. The third-order valence-corrected chi connectivity index (χ3v) is 3.01. The SMILES string of the molecule is CCC(C=O)(CC)O[C@H](C=O)n1ccc(=O)[nH]c1=O. The second-order valence-electron chi connectivity index (χ2n) is 4.05. The maximum absolute atomic E-state index is 11.6. The molecule has 0 aliphatic rings. The molecule has 0 bridgehead atoms. The van der Waals surface area contributed by atoms with Gasteiger partial charge in [-0.15, -0.1) is 0 Å². The molecular weight excluding hydrogens is 252 g/mol. The van der Waals surface area contributed by atoms with E-state index in [4.69, 9.17) is 4.74 Å². The van der Waals surface area contributed by atoms with E-state index in [-0.39, 0.29) is 0 Å². The normalized spacial score (nSPS) is 12.9. The highest BCUT2D eigenvalue weighted by atomic mass is 16.5. The van der Waals surface area contributed by atoms with Crippen LogP contribution in [-0.2, 0) is 14.3 Å². The number of ether oxygens (including phenoxy) is 1. The summed E-state index contributed by atoms with van der Waals surface area (Å²) in [6.45, 7) is 3.49. The minimum atomic E-state index is -1.26. The van der Waals surface area contributed by atoms with Crippen LogP contribution in [0.2, 0.25) is 0 Å². The number of aldehydes is 2. The van der Waals surface area contributed by atoms with Gasteiger partial charge in [-0.25, -0.2) is 4.79 Å². The Morgan fingerprint density at radius 2 is 2.00 bits per heavy atom. The Bertz CT molecular complexity index is 556. The quantitative estimate of drug-likeness (QED) is 0.702. The standard InChI is InChI=1S/C12H16N2O5/c1-3-12(4-2,8-16)19-10(7-15)14-6-5-9(17)13-11(14)18/h5-8,10H,3-4H2,1-2H3,(H,13,17,18)/t10-/m1/s1. The van der Waals surface area contributed by atoms with Gasteiger partial charge < -0.3 is 9.53 Å². The lowest BCUT2D eigenvalue weighted by Gasteiger charge is -2.29. The maximum Gasteiger partial charge on any atom is 0.330 e. The van der Waals surface area contributed by atoms with Gasteiger partial charge in [0.25, 0.3) is 5.56 Å². The summed E-state index contributed by atoms with van der Waals surface area (Å²) in [4.78, 5) is 46.7. The van der Waals surface area contributed by atoms with Crippen molar-refractivity contribution >= 4 is 12.6 Å². The van der Waals surface area contributed by atoms with E-state index in [2.05, 4.69) is 0 Å². The molecule has 1 atom stereocenters. The minimum absolute atomic E-state index is 0.370. The number of hydrogen-bond acceptors (Lipinski definition) is 5. The first-order valence-electron chi connectivity index (χ1n) is 5.92. The lowest BCUT2D eigenvalue weighted by molar-refractivity contribution is -0.157. The Morgan fingerprint density at radius 3 is 2.42 bits per heavy atom. The van der Waals surface area contributed by atoms with Crippen LogP contribution in [-0.4, -0.2) is 27.7 Å². The molecule has 1 aromatic rings. The van der Waals surface area contributed by atoms with Crippen molar-refractivity contribution < 1.29 is 14.3 Å². The zero-order valence-electron chi connectivity index (χ0n) is 10.8. The van der Waals surface area contributed by atoms with E-state index in [9.17, 15) is 19.2 Å². The van der Waals surface area contributed by atoms with Gasteiger partial charge in [-0.1, -0.05) is 13.8 Å². The van der Waals surface area contributed by atoms with E-state index in [1.165, 1.54) is 0 Å². The molecule has 7 nitrogen and oxygen atoms in total. The van der Waals surface area contributed by atoms with E-state index in [1.54, 1.807) is 13.8 Å². The van der Waals surface area contributed by atoms with Gasteiger partial charge in [0.2, 0.25) is 0 Å². The lowest BCUT2D eigenvalue weighted by atomic mass is 9.99. The highest BCUT2D eigenvalue weighted by Crippen LogP contribution is 2.22. The van der Waals surface area contributed by atoms with Gasteiger partial charge in [0.15, 0.2) is 18.8 Å². The summed E-state index contributed by atoms with van der Waals surface area (Å²) in [5.41, 5.74) is -2.46. The highest BCUT2D eigenvalue weighted by molar-refractivity contribution is 5.63. The van der Waals surface area contributed by atoms with E-state index in [0.717, 1.165) is 16.8 Å². The summed E-state index contributed by atoms with van der Waals surface area (Å²) in [5.74, 6) is 0. The highest BCUT2D eigenvalue weighted by Gasteiger charge is 2.31.